The summed E-state index contributed by atoms with van der Waals surface area (Å²) in [5.74, 6) is 1.85. The molecule has 11 nitrogen and oxygen atoms in total. The van der Waals surface area contributed by atoms with E-state index >= 15 is 0 Å². The molecule has 1 N–H and O–H groups in total. The molecule has 5 heterocycles. The number of aryl methyl sites for hydroxylation is 1. The Morgan fingerprint density at radius 2 is 2.07 bits per heavy atom. The maximum absolute atomic E-state index is 12.4. The molecule has 0 radical (unpaired) electrons. The van der Waals surface area contributed by atoms with Crippen LogP contribution in [0.2, 0.25) is 0 Å². The van der Waals surface area contributed by atoms with Crippen LogP contribution in [0.25, 0.3) is 28.6 Å². The van der Waals surface area contributed by atoms with Gasteiger partial charge in [-0.25, -0.2) is 0 Å². The van der Waals surface area contributed by atoms with Crippen LogP contribution < -0.4 is 5.32 Å². The first-order valence-corrected chi connectivity index (χ1v) is 8.61. The lowest BCUT2D eigenvalue weighted by molar-refractivity contribution is 0.0940. The normalized spacial score (nSPS) is 11.2. The van der Waals surface area contributed by atoms with E-state index in [0.29, 0.717) is 40.3 Å². The van der Waals surface area contributed by atoms with E-state index in [-0.39, 0.29) is 12.2 Å². The summed E-state index contributed by atoms with van der Waals surface area (Å²) >= 11 is 0. The van der Waals surface area contributed by atoms with Gasteiger partial charge in [-0.05, 0) is 31.2 Å². The molecule has 5 aromatic rings. The van der Waals surface area contributed by atoms with E-state index in [1.54, 1.807) is 29.7 Å². The fourth-order valence-electron chi connectivity index (χ4n) is 2.82. The van der Waals surface area contributed by atoms with Crippen molar-refractivity contribution in [2.24, 2.45) is 0 Å². The first kappa shape index (κ1) is 16.9. The Bertz CT molecular complexity index is 1300. The zero-order chi connectivity index (χ0) is 19.8. The predicted octanol–water partition coefficient (Wildman–Crippen LogP) is 2.27. The second kappa shape index (κ2) is 6.71. The van der Waals surface area contributed by atoms with Gasteiger partial charge in [0.2, 0.25) is 5.76 Å². The highest BCUT2D eigenvalue weighted by Gasteiger charge is 2.18. The average molecular weight is 391 g/mol. The van der Waals surface area contributed by atoms with Crippen molar-refractivity contribution in [3.8, 4) is 23.0 Å². The fraction of sp³-hybridized carbons (Fsp3) is 0.111. The van der Waals surface area contributed by atoms with Crippen LogP contribution in [0.15, 0.2) is 56.3 Å². The third kappa shape index (κ3) is 3.04. The number of hydrogen-bond acceptors (Lipinski definition) is 9. The van der Waals surface area contributed by atoms with Crippen molar-refractivity contribution in [2.75, 3.05) is 0 Å². The topological polar surface area (TPSA) is 137 Å². The van der Waals surface area contributed by atoms with Crippen LogP contribution in [0.3, 0.4) is 0 Å². The number of furan rings is 1. The first-order chi connectivity index (χ1) is 14.2. The highest BCUT2D eigenvalue weighted by molar-refractivity contribution is 5.92. The van der Waals surface area contributed by atoms with Crippen molar-refractivity contribution >= 4 is 11.6 Å². The fourth-order valence-corrected chi connectivity index (χ4v) is 2.82. The van der Waals surface area contributed by atoms with E-state index in [1.807, 2.05) is 12.1 Å². The maximum atomic E-state index is 12.4. The van der Waals surface area contributed by atoms with Crippen molar-refractivity contribution in [1.82, 2.24) is 35.2 Å². The molecule has 1 amide bonds. The maximum Gasteiger partial charge on any atom is 0.273 e. The van der Waals surface area contributed by atoms with Crippen molar-refractivity contribution in [3.63, 3.8) is 0 Å². The van der Waals surface area contributed by atoms with Gasteiger partial charge in [-0.1, -0.05) is 10.3 Å². The number of fused-ring (bicyclic) bond motifs is 1. The number of carbonyl (C=O) groups excluding carboxylic acids is 1. The molecule has 144 valence electrons. The minimum absolute atomic E-state index is 0.132. The van der Waals surface area contributed by atoms with E-state index in [4.69, 9.17) is 13.5 Å². The van der Waals surface area contributed by atoms with Gasteiger partial charge in [-0.2, -0.15) is 4.98 Å². The van der Waals surface area contributed by atoms with Crippen molar-refractivity contribution in [2.45, 2.75) is 13.5 Å². The molecule has 0 atom stereocenters. The van der Waals surface area contributed by atoms with Crippen LogP contribution in [0.4, 0.5) is 0 Å². The zero-order valence-corrected chi connectivity index (χ0v) is 15.1. The Labute approximate surface area is 162 Å². The quantitative estimate of drug-likeness (QED) is 0.478. The summed E-state index contributed by atoms with van der Waals surface area (Å²) in [6, 6.07) is 8.56. The van der Waals surface area contributed by atoms with Crippen LogP contribution in [0, 0.1) is 6.92 Å². The summed E-state index contributed by atoms with van der Waals surface area (Å²) in [7, 11) is 0. The molecular formula is C18H13N7O4. The van der Waals surface area contributed by atoms with E-state index in [0.717, 1.165) is 0 Å². The standard InChI is InChI=1S/C18H13N7O4/c1-10-20-18(29-23-10)11-4-2-6-25-15(21-22-16(11)25)9-19-17(26)12-8-14(28-24-12)13-5-3-7-27-13/h2-8H,9H2,1H3,(H,19,26). The lowest BCUT2D eigenvalue weighted by atomic mass is 10.2. The van der Waals surface area contributed by atoms with Gasteiger partial charge in [0.25, 0.3) is 11.8 Å². The molecule has 11 heteroatoms. The van der Waals surface area contributed by atoms with Crippen LogP contribution in [-0.2, 0) is 6.54 Å². The summed E-state index contributed by atoms with van der Waals surface area (Å²) in [4.78, 5) is 16.6. The minimum Gasteiger partial charge on any atom is -0.461 e. The summed E-state index contributed by atoms with van der Waals surface area (Å²) in [6.07, 6.45) is 3.30. The van der Waals surface area contributed by atoms with Gasteiger partial charge in [-0.3, -0.25) is 9.20 Å². The van der Waals surface area contributed by atoms with Gasteiger partial charge in [0.15, 0.2) is 28.8 Å². The molecule has 0 aliphatic carbocycles. The number of nitrogens with zero attached hydrogens (tertiary/aromatic N) is 6. The molecule has 0 saturated carbocycles. The SMILES string of the molecule is Cc1noc(-c2cccn3c(CNC(=O)c4cc(-c5ccco5)on4)nnc23)n1. The molecule has 0 fully saturated rings. The van der Waals surface area contributed by atoms with Gasteiger partial charge in [0.1, 0.15) is 0 Å². The molecular weight excluding hydrogens is 378 g/mol. The smallest absolute Gasteiger partial charge is 0.273 e. The minimum atomic E-state index is -0.410. The zero-order valence-electron chi connectivity index (χ0n) is 15.1. The van der Waals surface area contributed by atoms with Crippen LogP contribution in [0.1, 0.15) is 22.1 Å². The Hall–Kier alpha value is -4.28. The number of aromatic nitrogens is 6. The van der Waals surface area contributed by atoms with Gasteiger partial charge < -0.3 is 18.8 Å². The van der Waals surface area contributed by atoms with Gasteiger partial charge in [-0.15, -0.1) is 10.2 Å². The Kier molecular flexibility index (Phi) is 3.90. The first-order valence-electron chi connectivity index (χ1n) is 8.61. The predicted molar refractivity (Wildman–Crippen MR) is 96.4 cm³/mol. The highest BCUT2D eigenvalue weighted by atomic mass is 16.5. The van der Waals surface area contributed by atoms with Crippen molar-refractivity contribution < 1.29 is 18.3 Å². The van der Waals surface area contributed by atoms with Gasteiger partial charge in [0, 0.05) is 12.3 Å². The molecule has 29 heavy (non-hydrogen) atoms. The summed E-state index contributed by atoms with van der Waals surface area (Å²) < 4.78 is 17.3. The summed E-state index contributed by atoms with van der Waals surface area (Å²) in [5, 5.41) is 18.6. The van der Waals surface area contributed by atoms with E-state index < -0.39 is 5.91 Å². The van der Waals surface area contributed by atoms with Crippen molar-refractivity contribution in [1.29, 1.82) is 0 Å². The summed E-state index contributed by atoms with van der Waals surface area (Å²) in [6.45, 7) is 1.87. The number of amides is 1. The molecule has 0 aliphatic rings. The largest absolute Gasteiger partial charge is 0.461 e. The number of carbonyl (C=O) groups is 1. The van der Waals surface area contributed by atoms with Gasteiger partial charge >= 0.3 is 0 Å². The third-order valence-corrected chi connectivity index (χ3v) is 4.18. The second-order valence-electron chi connectivity index (χ2n) is 6.11. The molecule has 0 aliphatic heterocycles. The monoisotopic (exact) mass is 391 g/mol. The lowest BCUT2D eigenvalue weighted by Crippen LogP contribution is -2.24. The Morgan fingerprint density at radius 1 is 1.14 bits per heavy atom. The number of nitrogens with one attached hydrogen (secondary N) is 1. The number of pyridine rings is 1. The number of hydrogen-bond donors (Lipinski definition) is 1. The molecule has 0 bridgehead atoms. The molecule has 5 rings (SSSR count). The lowest BCUT2D eigenvalue weighted by Gasteiger charge is -2.02. The Balaban J connectivity index is 1.35. The summed E-state index contributed by atoms with van der Waals surface area (Å²) in [5.41, 5.74) is 1.33. The van der Waals surface area contributed by atoms with E-state index in [1.165, 1.54) is 12.3 Å². The molecule has 5 aromatic heterocycles. The van der Waals surface area contributed by atoms with Crippen LogP contribution >= 0.6 is 0 Å². The molecule has 0 spiro atoms. The van der Waals surface area contributed by atoms with E-state index in [9.17, 15) is 4.79 Å². The average Bonchev–Trinajstić information content (AvgIpc) is 3.52. The number of rotatable bonds is 5. The van der Waals surface area contributed by atoms with Crippen LogP contribution in [-0.4, -0.2) is 35.8 Å². The second-order valence-corrected chi connectivity index (χ2v) is 6.11. The Morgan fingerprint density at radius 3 is 2.86 bits per heavy atom. The molecule has 0 aromatic carbocycles. The molecule has 0 unspecified atom stereocenters. The third-order valence-electron chi connectivity index (χ3n) is 4.18. The van der Waals surface area contributed by atoms with Crippen molar-refractivity contribution in [3.05, 3.63) is 60.1 Å². The van der Waals surface area contributed by atoms with Crippen LogP contribution in [0.5, 0.6) is 0 Å². The molecule has 0 saturated heterocycles. The highest BCUT2D eigenvalue weighted by Crippen LogP contribution is 2.22. The van der Waals surface area contributed by atoms with E-state index in [2.05, 4.69) is 30.8 Å². The van der Waals surface area contributed by atoms with Gasteiger partial charge in [0.05, 0.1) is 18.4 Å².